The van der Waals surface area contributed by atoms with E-state index in [2.05, 4.69) is 13.8 Å². The average Bonchev–Trinajstić information content (AvgIpc) is 2.86. The fourth-order valence-electron chi connectivity index (χ4n) is 3.49. The maximum Gasteiger partial charge on any atom is 0.267 e. The summed E-state index contributed by atoms with van der Waals surface area (Å²) in [6.07, 6.45) is 3.25. The van der Waals surface area contributed by atoms with E-state index in [1.54, 1.807) is 15.9 Å². The van der Waals surface area contributed by atoms with Gasteiger partial charge in [0.05, 0.1) is 11.1 Å². The molecule has 4 heteroatoms. The molecule has 23 heavy (non-hydrogen) atoms. The summed E-state index contributed by atoms with van der Waals surface area (Å²) < 4.78 is 1.76. The standard InChI is InChI=1S/C19H20N2OS/c1-11-4-7-14(8-5-11)21-13(3)20-18-17(19(21)22)15-9-6-12(2)10-16(15)23-18/h4-5,7-8,12H,6,9-10H2,1-3H3/t12-/m1/s1. The molecular formula is C19H20N2OS. The molecule has 0 N–H and O–H groups in total. The minimum atomic E-state index is 0.0865. The lowest BCUT2D eigenvalue weighted by Crippen LogP contribution is -2.23. The summed E-state index contributed by atoms with van der Waals surface area (Å²) >= 11 is 1.71. The lowest BCUT2D eigenvalue weighted by Gasteiger charge is -2.17. The molecule has 0 radical (unpaired) electrons. The van der Waals surface area contributed by atoms with Crippen LogP contribution < -0.4 is 5.56 Å². The SMILES string of the molecule is Cc1ccc(-n2c(C)nc3sc4c(c3c2=O)CC[C@@H](C)C4)cc1. The van der Waals surface area contributed by atoms with Gasteiger partial charge in [-0.2, -0.15) is 0 Å². The Morgan fingerprint density at radius 2 is 1.96 bits per heavy atom. The van der Waals surface area contributed by atoms with Crippen molar-refractivity contribution in [3.05, 3.63) is 56.4 Å². The fourth-order valence-corrected chi connectivity index (χ4v) is 4.91. The fraction of sp³-hybridized carbons (Fsp3) is 0.368. The normalized spacial score (nSPS) is 17.4. The van der Waals surface area contributed by atoms with Crippen LogP contribution in [-0.4, -0.2) is 9.55 Å². The van der Waals surface area contributed by atoms with Crippen LogP contribution in [0.25, 0.3) is 15.9 Å². The summed E-state index contributed by atoms with van der Waals surface area (Å²) in [7, 11) is 0. The van der Waals surface area contributed by atoms with Gasteiger partial charge in [0.15, 0.2) is 0 Å². The Kier molecular flexibility index (Phi) is 3.38. The molecule has 1 aliphatic carbocycles. The lowest BCUT2D eigenvalue weighted by molar-refractivity contribution is 0.509. The van der Waals surface area contributed by atoms with E-state index in [0.717, 1.165) is 41.0 Å². The van der Waals surface area contributed by atoms with Gasteiger partial charge in [-0.05, 0) is 56.7 Å². The summed E-state index contributed by atoms with van der Waals surface area (Å²) in [6, 6.07) is 8.07. The molecule has 2 heterocycles. The first-order chi connectivity index (χ1) is 11.0. The molecule has 0 saturated heterocycles. The number of thiophene rings is 1. The smallest absolute Gasteiger partial charge is 0.267 e. The largest absolute Gasteiger partial charge is 0.268 e. The number of hydrogen-bond acceptors (Lipinski definition) is 3. The average molecular weight is 324 g/mol. The molecule has 3 nitrogen and oxygen atoms in total. The van der Waals surface area contributed by atoms with Gasteiger partial charge in [0.2, 0.25) is 0 Å². The van der Waals surface area contributed by atoms with Crippen molar-refractivity contribution in [3.8, 4) is 5.69 Å². The van der Waals surface area contributed by atoms with Crippen molar-refractivity contribution in [1.29, 1.82) is 0 Å². The summed E-state index contributed by atoms with van der Waals surface area (Å²) in [5.41, 5.74) is 3.43. The Labute approximate surface area is 139 Å². The molecule has 1 aromatic carbocycles. The summed E-state index contributed by atoms with van der Waals surface area (Å²) in [5.74, 6) is 1.47. The highest BCUT2D eigenvalue weighted by molar-refractivity contribution is 7.18. The van der Waals surface area contributed by atoms with E-state index < -0.39 is 0 Å². The Morgan fingerprint density at radius 3 is 2.70 bits per heavy atom. The zero-order valence-corrected chi connectivity index (χ0v) is 14.5. The number of hydrogen-bond donors (Lipinski definition) is 0. The topological polar surface area (TPSA) is 34.9 Å². The van der Waals surface area contributed by atoms with E-state index in [-0.39, 0.29) is 5.56 Å². The molecule has 1 aliphatic rings. The second-order valence-electron chi connectivity index (χ2n) is 6.67. The maximum atomic E-state index is 13.2. The van der Waals surface area contributed by atoms with Crippen LogP contribution in [-0.2, 0) is 12.8 Å². The van der Waals surface area contributed by atoms with Crippen LogP contribution in [0.15, 0.2) is 29.1 Å². The van der Waals surface area contributed by atoms with E-state index in [9.17, 15) is 4.79 Å². The van der Waals surface area contributed by atoms with Crippen molar-refractivity contribution in [2.45, 2.75) is 40.0 Å². The molecular weight excluding hydrogens is 304 g/mol. The Balaban J connectivity index is 2.00. The molecule has 118 valence electrons. The van der Waals surface area contributed by atoms with Crippen LogP contribution in [0.5, 0.6) is 0 Å². The first kappa shape index (κ1) is 14.6. The Hall–Kier alpha value is -1.94. The minimum Gasteiger partial charge on any atom is -0.268 e. The predicted molar refractivity (Wildman–Crippen MR) is 95.9 cm³/mol. The molecule has 3 aromatic rings. The van der Waals surface area contributed by atoms with Gasteiger partial charge >= 0.3 is 0 Å². The molecule has 4 rings (SSSR count). The highest BCUT2D eigenvalue weighted by atomic mass is 32.1. The van der Waals surface area contributed by atoms with Crippen LogP contribution in [0.3, 0.4) is 0 Å². The molecule has 0 fully saturated rings. The molecule has 0 aliphatic heterocycles. The highest BCUT2D eigenvalue weighted by Crippen LogP contribution is 2.36. The zero-order chi connectivity index (χ0) is 16.1. The van der Waals surface area contributed by atoms with Crippen LogP contribution in [0.2, 0.25) is 0 Å². The van der Waals surface area contributed by atoms with Gasteiger partial charge < -0.3 is 0 Å². The number of benzene rings is 1. The maximum absolute atomic E-state index is 13.2. The number of fused-ring (bicyclic) bond motifs is 3. The van der Waals surface area contributed by atoms with Crippen molar-refractivity contribution < 1.29 is 0 Å². The molecule has 0 spiro atoms. The van der Waals surface area contributed by atoms with Crippen molar-refractivity contribution in [1.82, 2.24) is 9.55 Å². The van der Waals surface area contributed by atoms with Gasteiger partial charge in [-0.25, -0.2) is 4.98 Å². The lowest BCUT2D eigenvalue weighted by atomic mass is 9.89. The summed E-state index contributed by atoms with van der Waals surface area (Å²) in [6.45, 7) is 6.26. The molecule has 0 saturated carbocycles. The molecule has 1 atom stereocenters. The van der Waals surface area contributed by atoms with Crippen molar-refractivity contribution in [3.63, 3.8) is 0 Å². The van der Waals surface area contributed by atoms with E-state index in [4.69, 9.17) is 4.98 Å². The Bertz CT molecular complexity index is 950. The van der Waals surface area contributed by atoms with Crippen LogP contribution >= 0.6 is 11.3 Å². The second kappa shape index (κ2) is 5.31. The van der Waals surface area contributed by atoms with Gasteiger partial charge in [-0.3, -0.25) is 9.36 Å². The monoisotopic (exact) mass is 324 g/mol. The quantitative estimate of drug-likeness (QED) is 0.673. The van der Waals surface area contributed by atoms with Crippen molar-refractivity contribution >= 4 is 21.6 Å². The van der Waals surface area contributed by atoms with Gasteiger partial charge in [0.1, 0.15) is 10.7 Å². The third kappa shape index (κ3) is 2.32. The molecule has 0 amide bonds. The number of rotatable bonds is 1. The third-order valence-electron chi connectivity index (χ3n) is 4.79. The number of nitrogens with zero attached hydrogens (tertiary/aromatic N) is 2. The zero-order valence-electron chi connectivity index (χ0n) is 13.7. The van der Waals surface area contributed by atoms with Gasteiger partial charge in [0, 0.05) is 4.88 Å². The van der Waals surface area contributed by atoms with E-state index >= 15 is 0 Å². The number of aromatic nitrogens is 2. The van der Waals surface area contributed by atoms with E-state index in [0.29, 0.717) is 5.92 Å². The van der Waals surface area contributed by atoms with Crippen LogP contribution in [0, 0.1) is 19.8 Å². The summed E-state index contributed by atoms with van der Waals surface area (Å²) in [5, 5.41) is 0.850. The van der Waals surface area contributed by atoms with Crippen molar-refractivity contribution in [2.24, 2.45) is 5.92 Å². The second-order valence-corrected chi connectivity index (χ2v) is 7.75. The molecule has 0 bridgehead atoms. The highest BCUT2D eigenvalue weighted by Gasteiger charge is 2.24. The minimum absolute atomic E-state index is 0.0865. The van der Waals surface area contributed by atoms with E-state index in [1.807, 2.05) is 31.2 Å². The first-order valence-corrected chi connectivity index (χ1v) is 8.97. The van der Waals surface area contributed by atoms with Gasteiger partial charge in [-0.15, -0.1) is 11.3 Å². The first-order valence-electron chi connectivity index (χ1n) is 8.15. The van der Waals surface area contributed by atoms with Crippen LogP contribution in [0.1, 0.15) is 35.2 Å². The predicted octanol–water partition coefficient (Wildman–Crippen LogP) is 4.19. The molecule has 2 aromatic heterocycles. The Morgan fingerprint density at radius 1 is 1.22 bits per heavy atom. The molecule has 0 unspecified atom stereocenters. The summed E-state index contributed by atoms with van der Waals surface area (Å²) in [4.78, 5) is 20.2. The van der Waals surface area contributed by atoms with Gasteiger partial charge in [-0.1, -0.05) is 24.6 Å². The van der Waals surface area contributed by atoms with Crippen LogP contribution in [0.4, 0.5) is 0 Å². The van der Waals surface area contributed by atoms with E-state index in [1.165, 1.54) is 16.0 Å². The number of aryl methyl sites for hydroxylation is 3. The third-order valence-corrected chi connectivity index (χ3v) is 5.94. The van der Waals surface area contributed by atoms with Crippen molar-refractivity contribution in [2.75, 3.05) is 0 Å². The van der Waals surface area contributed by atoms with Gasteiger partial charge in [0.25, 0.3) is 5.56 Å².